The van der Waals surface area contributed by atoms with Gasteiger partial charge in [0.15, 0.2) is 0 Å². The Morgan fingerprint density at radius 2 is 1.58 bits per heavy atom. The van der Waals surface area contributed by atoms with Gasteiger partial charge in [0.25, 0.3) is 0 Å². The molecule has 0 saturated carbocycles. The minimum Gasteiger partial charge on any atom is -0.481 e. The Kier molecular flexibility index (Phi) is 7.93. The summed E-state index contributed by atoms with van der Waals surface area (Å²) in [6.45, 7) is 2.92. The molecule has 0 heterocycles. The van der Waals surface area contributed by atoms with Crippen molar-refractivity contribution < 1.29 is 29.7 Å². The van der Waals surface area contributed by atoms with Crippen molar-refractivity contribution in [1.29, 1.82) is 0 Å². The quantitative estimate of drug-likeness (QED) is 0.473. The van der Waals surface area contributed by atoms with Crippen LogP contribution in [0.4, 0.5) is 0 Å². The van der Waals surface area contributed by atoms with E-state index in [1.165, 1.54) is 13.8 Å². The summed E-state index contributed by atoms with van der Waals surface area (Å²) in [5.41, 5.74) is 0. The van der Waals surface area contributed by atoms with Crippen molar-refractivity contribution in [3.05, 3.63) is 0 Å². The van der Waals surface area contributed by atoms with Gasteiger partial charge in [0.2, 0.25) is 0 Å². The summed E-state index contributed by atoms with van der Waals surface area (Å²) >= 11 is 5.00. The molecule has 19 heavy (non-hydrogen) atoms. The van der Waals surface area contributed by atoms with E-state index < -0.39 is 40.9 Å². The zero-order chi connectivity index (χ0) is 15.2. The van der Waals surface area contributed by atoms with Gasteiger partial charge in [-0.25, -0.2) is 0 Å². The van der Waals surface area contributed by atoms with E-state index in [0.717, 1.165) is 11.8 Å². The summed E-state index contributed by atoms with van der Waals surface area (Å²) in [6, 6.07) is 0. The fraction of sp³-hybridized carbons (Fsp3) is 0.727. The second kappa shape index (κ2) is 8.31. The second-order valence-corrected chi connectivity index (χ2v) is 5.87. The van der Waals surface area contributed by atoms with Gasteiger partial charge in [-0.05, 0) is 0 Å². The van der Waals surface area contributed by atoms with E-state index >= 15 is 0 Å². The van der Waals surface area contributed by atoms with E-state index in [1.54, 1.807) is 0 Å². The molecule has 0 aromatic rings. The minimum atomic E-state index is -1.12. The zero-order valence-corrected chi connectivity index (χ0v) is 12.4. The summed E-state index contributed by atoms with van der Waals surface area (Å²) in [5.74, 6) is -5.53. The topological polar surface area (TPSA) is 112 Å². The highest BCUT2D eigenvalue weighted by molar-refractivity contribution is 8.00. The van der Waals surface area contributed by atoms with Crippen LogP contribution in [0.2, 0.25) is 0 Å². The average Bonchev–Trinajstić information content (AvgIpc) is 2.32. The molecule has 0 bridgehead atoms. The van der Waals surface area contributed by atoms with E-state index in [-0.39, 0.29) is 11.5 Å². The standard InChI is InChI=1S/C11H18O6S2/c1-5(9(12)13)4-19-8(6(2)10(14)15)7(3-18)11(16)17/h5-8,18H,3-4H2,1-2H3,(H,12,13)(H,14,15)(H,16,17). The van der Waals surface area contributed by atoms with E-state index in [0.29, 0.717) is 0 Å². The Morgan fingerprint density at radius 3 is 1.89 bits per heavy atom. The highest BCUT2D eigenvalue weighted by atomic mass is 32.2. The van der Waals surface area contributed by atoms with Crippen LogP contribution < -0.4 is 0 Å². The summed E-state index contributed by atoms with van der Waals surface area (Å²) in [6.07, 6.45) is 0. The van der Waals surface area contributed by atoms with Crippen LogP contribution in [0, 0.1) is 17.8 Å². The first-order valence-corrected chi connectivity index (χ1v) is 7.31. The van der Waals surface area contributed by atoms with Crippen molar-refractivity contribution in [2.75, 3.05) is 11.5 Å². The number of hydrogen-bond acceptors (Lipinski definition) is 5. The molecule has 110 valence electrons. The first kappa shape index (κ1) is 18.1. The van der Waals surface area contributed by atoms with E-state index in [9.17, 15) is 14.4 Å². The van der Waals surface area contributed by atoms with Gasteiger partial charge in [-0.1, -0.05) is 13.8 Å². The monoisotopic (exact) mass is 310 g/mol. The molecule has 0 saturated heterocycles. The van der Waals surface area contributed by atoms with Gasteiger partial charge in [0.1, 0.15) is 0 Å². The largest absolute Gasteiger partial charge is 0.481 e. The Balaban J connectivity index is 4.91. The number of thiol groups is 1. The molecule has 4 unspecified atom stereocenters. The molecule has 0 aliphatic carbocycles. The number of carboxylic acid groups (broad SMARTS) is 3. The van der Waals surface area contributed by atoms with Crippen molar-refractivity contribution in [3.8, 4) is 0 Å². The van der Waals surface area contributed by atoms with E-state index in [2.05, 4.69) is 12.6 Å². The molecular weight excluding hydrogens is 292 g/mol. The van der Waals surface area contributed by atoms with Crippen LogP contribution in [0.3, 0.4) is 0 Å². The number of aliphatic carboxylic acids is 3. The van der Waals surface area contributed by atoms with Crippen LogP contribution in [0.5, 0.6) is 0 Å². The third-order valence-corrected chi connectivity index (χ3v) is 4.96. The molecular formula is C11H18O6S2. The molecule has 0 rings (SSSR count). The highest BCUT2D eigenvalue weighted by Crippen LogP contribution is 2.30. The first-order valence-electron chi connectivity index (χ1n) is 5.63. The number of hydrogen-bond donors (Lipinski definition) is 4. The van der Waals surface area contributed by atoms with Crippen LogP contribution >= 0.6 is 24.4 Å². The summed E-state index contributed by atoms with van der Waals surface area (Å²) in [5, 5.41) is 26.2. The molecule has 0 aliphatic heterocycles. The van der Waals surface area contributed by atoms with Crippen LogP contribution in [0.25, 0.3) is 0 Å². The smallest absolute Gasteiger partial charge is 0.308 e. The molecule has 0 aliphatic rings. The summed E-state index contributed by atoms with van der Waals surface area (Å²) < 4.78 is 0. The normalized spacial score (nSPS) is 17.2. The number of rotatable bonds is 9. The van der Waals surface area contributed by atoms with Gasteiger partial charge >= 0.3 is 17.9 Å². The molecule has 3 N–H and O–H groups in total. The highest BCUT2D eigenvalue weighted by Gasteiger charge is 2.35. The first-order chi connectivity index (χ1) is 8.72. The molecule has 0 aromatic carbocycles. The molecule has 0 spiro atoms. The van der Waals surface area contributed by atoms with E-state index in [1.807, 2.05) is 0 Å². The number of thioether (sulfide) groups is 1. The molecule has 0 amide bonds. The van der Waals surface area contributed by atoms with Gasteiger partial charge in [0, 0.05) is 16.8 Å². The molecule has 0 radical (unpaired) electrons. The van der Waals surface area contributed by atoms with Crippen LogP contribution in [0.1, 0.15) is 13.8 Å². The third kappa shape index (κ3) is 5.73. The van der Waals surface area contributed by atoms with Crippen LogP contribution in [-0.2, 0) is 14.4 Å². The average molecular weight is 310 g/mol. The maximum atomic E-state index is 11.1. The molecule has 8 heteroatoms. The molecule has 0 fully saturated rings. The lowest BCUT2D eigenvalue weighted by Crippen LogP contribution is -2.36. The predicted molar refractivity (Wildman–Crippen MR) is 74.8 cm³/mol. The Morgan fingerprint density at radius 1 is 1.05 bits per heavy atom. The van der Waals surface area contributed by atoms with Gasteiger partial charge < -0.3 is 15.3 Å². The molecule has 0 aromatic heterocycles. The Bertz CT molecular complexity index is 346. The van der Waals surface area contributed by atoms with E-state index in [4.69, 9.17) is 15.3 Å². The number of carboxylic acids is 3. The lowest BCUT2D eigenvalue weighted by atomic mass is 9.96. The summed E-state index contributed by atoms with van der Waals surface area (Å²) in [7, 11) is 0. The second-order valence-electron chi connectivity index (χ2n) is 4.29. The number of carbonyl (C=O) groups is 3. The lowest BCUT2D eigenvalue weighted by Gasteiger charge is -2.26. The summed E-state index contributed by atoms with van der Waals surface area (Å²) in [4.78, 5) is 32.8. The lowest BCUT2D eigenvalue weighted by molar-refractivity contribution is -0.144. The van der Waals surface area contributed by atoms with Crippen molar-refractivity contribution >= 4 is 42.3 Å². The maximum absolute atomic E-state index is 11.1. The molecule has 6 nitrogen and oxygen atoms in total. The van der Waals surface area contributed by atoms with Crippen molar-refractivity contribution in [1.82, 2.24) is 0 Å². The third-order valence-electron chi connectivity index (χ3n) is 2.75. The van der Waals surface area contributed by atoms with Crippen LogP contribution in [0.15, 0.2) is 0 Å². The van der Waals surface area contributed by atoms with Gasteiger partial charge in [-0.3, -0.25) is 14.4 Å². The van der Waals surface area contributed by atoms with Crippen molar-refractivity contribution in [3.63, 3.8) is 0 Å². The molecule has 4 atom stereocenters. The van der Waals surface area contributed by atoms with Crippen LogP contribution in [-0.4, -0.2) is 50.0 Å². The van der Waals surface area contributed by atoms with Gasteiger partial charge in [-0.2, -0.15) is 24.4 Å². The van der Waals surface area contributed by atoms with Gasteiger partial charge in [0.05, 0.1) is 17.8 Å². The fourth-order valence-corrected chi connectivity index (χ4v) is 3.43. The fourth-order valence-electron chi connectivity index (χ4n) is 1.40. The van der Waals surface area contributed by atoms with Crippen molar-refractivity contribution in [2.45, 2.75) is 19.1 Å². The SMILES string of the molecule is CC(CSC(C(C)C(=O)O)C(CS)C(=O)O)C(=O)O. The minimum absolute atomic E-state index is 0.00602. The van der Waals surface area contributed by atoms with Crippen molar-refractivity contribution in [2.24, 2.45) is 17.8 Å². The Labute approximate surface area is 121 Å². The zero-order valence-electron chi connectivity index (χ0n) is 10.6. The maximum Gasteiger partial charge on any atom is 0.308 e. The Hall–Kier alpha value is -0.890. The predicted octanol–water partition coefficient (Wildman–Crippen LogP) is 1.16. The van der Waals surface area contributed by atoms with Gasteiger partial charge in [-0.15, -0.1) is 0 Å².